The lowest BCUT2D eigenvalue weighted by Gasteiger charge is -2.46. The van der Waals surface area contributed by atoms with Gasteiger partial charge in [0.25, 0.3) is 5.69 Å². The van der Waals surface area contributed by atoms with Gasteiger partial charge in [-0.3, -0.25) is 20.3 Å². The maximum Gasteiger partial charge on any atom is 0.362 e. The number of nitro groups is 1. The molecule has 0 unspecified atom stereocenters. The molecule has 2 aliphatic rings. The van der Waals surface area contributed by atoms with Crippen LogP contribution in [0.2, 0.25) is 0 Å². The summed E-state index contributed by atoms with van der Waals surface area (Å²) in [6.07, 6.45) is -0.908. The first kappa shape index (κ1) is 26.3. The Bertz CT molecular complexity index is 1090. The largest absolute Gasteiger partial charge is 0.393 e. The zero-order chi connectivity index (χ0) is 26.0. The lowest BCUT2D eigenvalue weighted by atomic mass is 9.77. The third-order valence-electron chi connectivity index (χ3n) is 6.18. The Balaban J connectivity index is 1.83. The molecule has 0 saturated carbocycles. The topological polar surface area (TPSA) is 180 Å². The van der Waals surface area contributed by atoms with Crippen LogP contribution in [0.1, 0.15) is 24.2 Å². The van der Waals surface area contributed by atoms with E-state index < -0.39 is 40.8 Å². The maximum atomic E-state index is 13.1. The van der Waals surface area contributed by atoms with Crippen LogP contribution in [-0.2, 0) is 14.3 Å². The molecular formula is C22H27N5O7S. The van der Waals surface area contributed by atoms with Gasteiger partial charge in [-0.2, -0.15) is 0 Å². The van der Waals surface area contributed by atoms with Gasteiger partial charge in [-0.1, -0.05) is 18.7 Å². The average molecular weight is 506 g/mol. The summed E-state index contributed by atoms with van der Waals surface area (Å²) in [6, 6.07) is 4.18. The summed E-state index contributed by atoms with van der Waals surface area (Å²) in [5, 5.41) is 28.2. The first-order chi connectivity index (χ1) is 16.4. The highest BCUT2D eigenvalue weighted by atomic mass is 32.2. The second kappa shape index (κ2) is 10.5. The first-order valence-corrected chi connectivity index (χ1v) is 11.8. The molecule has 0 radical (unpaired) electrons. The first-order valence-electron chi connectivity index (χ1n) is 10.8. The van der Waals surface area contributed by atoms with E-state index in [1.54, 1.807) is 0 Å². The fourth-order valence-corrected chi connectivity index (χ4v) is 5.06. The number of ether oxygens (including phenoxy) is 1. The van der Waals surface area contributed by atoms with Crippen LogP contribution in [0.15, 0.2) is 35.5 Å². The predicted octanol–water partition coefficient (Wildman–Crippen LogP) is 0.948. The summed E-state index contributed by atoms with van der Waals surface area (Å²) in [4.78, 5) is 51.9. The second-order valence-corrected chi connectivity index (χ2v) is 9.70. The molecule has 4 N–H and O–H groups in total. The molecule has 35 heavy (non-hydrogen) atoms. The molecule has 12 nitrogen and oxygen atoms in total. The van der Waals surface area contributed by atoms with Crippen LogP contribution in [0, 0.1) is 27.4 Å². The maximum absolute atomic E-state index is 13.1. The van der Waals surface area contributed by atoms with Gasteiger partial charge in [-0.15, -0.1) is 0 Å². The van der Waals surface area contributed by atoms with E-state index in [4.69, 9.17) is 15.9 Å². The van der Waals surface area contributed by atoms with E-state index in [2.05, 4.69) is 0 Å². The Morgan fingerprint density at radius 3 is 2.51 bits per heavy atom. The molecule has 3 rings (SSSR count). The van der Waals surface area contributed by atoms with Crippen molar-refractivity contribution in [2.75, 3.05) is 25.9 Å². The number of hydrogen-bond donors (Lipinski definition) is 3. The molecule has 1 aromatic rings. The molecule has 1 saturated heterocycles. The Morgan fingerprint density at radius 1 is 1.34 bits per heavy atom. The van der Waals surface area contributed by atoms with E-state index in [0.717, 1.165) is 12.1 Å². The lowest BCUT2D eigenvalue weighted by Crippen LogP contribution is -2.63. The van der Waals surface area contributed by atoms with Gasteiger partial charge in [0, 0.05) is 36.9 Å². The number of aliphatic hydroxyl groups excluding tert-OH is 1. The molecule has 13 heteroatoms. The van der Waals surface area contributed by atoms with E-state index in [-0.39, 0.29) is 28.0 Å². The molecule has 0 spiro atoms. The van der Waals surface area contributed by atoms with Gasteiger partial charge in [-0.05, 0) is 31.7 Å². The quantitative estimate of drug-likeness (QED) is 0.0831. The van der Waals surface area contributed by atoms with E-state index in [9.17, 15) is 29.6 Å². The highest BCUT2D eigenvalue weighted by Gasteiger charge is 2.60. The molecule has 1 fully saturated rings. The molecule has 188 valence electrons. The number of carbonyl (C=O) groups is 3. The number of amides is 1. The van der Waals surface area contributed by atoms with Crippen molar-refractivity contribution in [3.8, 4) is 0 Å². The fourth-order valence-electron chi connectivity index (χ4n) is 4.43. The summed E-state index contributed by atoms with van der Waals surface area (Å²) in [7, 11) is 1.81. The molecule has 2 heterocycles. The number of aliphatic hydroxyl groups is 1. The number of β-lactam (4-membered cyclic amide) rings is 1. The normalized spacial score (nSPS) is 22.0. The SMILES string of the molecule is C[C@@H](O)[C@H]1C(=O)N2C(C(=O)OC(=O)c3ccc([N+](=O)[O-])cc3)=C(CN(C)CCSC(=N)N)[C@H](C)[C@H]12. The monoisotopic (exact) mass is 505 g/mol. The number of nitrogens with one attached hydrogen (secondary N) is 1. The van der Waals surface area contributed by atoms with Crippen LogP contribution in [0.25, 0.3) is 0 Å². The molecule has 1 amide bonds. The number of thioether (sulfide) groups is 1. The number of nitro benzene ring substituents is 1. The van der Waals surface area contributed by atoms with Crippen LogP contribution >= 0.6 is 11.8 Å². The number of carbonyl (C=O) groups excluding carboxylic acids is 3. The zero-order valence-electron chi connectivity index (χ0n) is 19.5. The third kappa shape index (κ3) is 5.36. The molecule has 2 aliphatic heterocycles. The molecule has 0 bridgehead atoms. The minimum atomic E-state index is -1.00. The third-order valence-corrected chi connectivity index (χ3v) is 6.88. The summed E-state index contributed by atoms with van der Waals surface area (Å²) in [5.74, 6) is -2.81. The van der Waals surface area contributed by atoms with Crippen molar-refractivity contribution < 1.29 is 29.2 Å². The number of amidine groups is 1. The molecule has 4 atom stereocenters. The van der Waals surface area contributed by atoms with Crippen molar-refractivity contribution in [2.24, 2.45) is 17.6 Å². The minimum Gasteiger partial charge on any atom is -0.393 e. The van der Waals surface area contributed by atoms with Gasteiger partial charge in [0.05, 0.1) is 28.6 Å². The molecule has 1 aromatic carbocycles. The van der Waals surface area contributed by atoms with Crippen molar-refractivity contribution in [3.63, 3.8) is 0 Å². The van der Waals surface area contributed by atoms with E-state index in [0.29, 0.717) is 24.4 Å². The summed E-state index contributed by atoms with van der Waals surface area (Å²) < 4.78 is 5.06. The minimum absolute atomic E-state index is 0.00426. The number of nitrogens with two attached hydrogens (primary N) is 1. The van der Waals surface area contributed by atoms with Crippen LogP contribution < -0.4 is 5.73 Å². The van der Waals surface area contributed by atoms with Gasteiger partial charge >= 0.3 is 11.9 Å². The predicted molar refractivity (Wildman–Crippen MR) is 127 cm³/mol. The smallest absolute Gasteiger partial charge is 0.362 e. The van der Waals surface area contributed by atoms with Crippen LogP contribution in [0.4, 0.5) is 5.69 Å². The highest BCUT2D eigenvalue weighted by Crippen LogP contribution is 2.47. The van der Waals surface area contributed by atoms with Crippen molar-refractivity contribution in [3.05, 3.63) is 51.2 Å². The average Bonchev–Trinajstić information content (AvgIpc) is 3.01. The van der Waals surface area contributed by atoms with Gasteiger partial charge in [0.2, 0.25) is 5.91 Å². The molecule has 0 aromatic heterocycles. The summed E-state index contributed by atoms with van der Waals surface area (Å²) in [6.45, 7) is 4.21. The number of rotatable bonds is 9. The summed E-state index contributed by atoms with van der Waals surface area (Å²) >= 11 is 1.18. The van der Waals surface area contributed by atoms with Crippen molar-refractivity contribution in [2.45, 2.75) is 26.0 Å². The number of benzene rings is 1. The van der Waals surface area contributed by atoms with Gasteiger partial charge in [0.1, 0.15) is 5.70 Å². The zero-order valence-corrected chi connectivity index (χ0v) is 20.3. The fraction of sp³-hybridized carbons (Fsp3) is 0.455. The van der Waals surface area contributed by atoms with E-state index >= 15 is 0 Å². The second-order valence-electron chi connectivity index (χ2n) is 8.56. The lowest BCUT2D eigenvalue weighted by molar-refractivity contribution is -0.384. The Labute approximate surface area is 205 Å². The molecule has 0 aliphatic carbocycles. The number of non-ortho nitro benzene ring substituents is 1. The summed E-state index contributed by atoms with van der Waals surface area (Å²) in [5.41, 5.74) is 5.68. The Morgan fingerprint density at radius 2 is 1.97 bits per heavy atom. The Kier molecular flexibility index (Phi) is 7.93. The van der Waals surface area contributed by atoms with Gasteiger partial charge in [0.15, 0.2) is 5.17 Å². The number of nitrogens with zero attached hydrogens (tertiary/aromatic N) is 3. The number of esters is 2. The van der Waals surface area contributed by atoms with Crippen molar-refractivity contribution >= 4 is 40.5 Å². The van der Waals surface area contributed by atoms with Gasteiger partial charge in [-0.25, -0.2) is 9.59 Å². The number of hydrogen-bond acceptors (Lipinski definition) is 10. The number of likely N-dealkylation sites (N-methyl/N-ethyl adjacent to an activating group) is 1. The van der Waals surface area contributed by atoms with Crippen LogP contribution in [-0.4, -0.2) is 80.9 Å². The van der Waals surface area contributed by atoms with Gasteiger partial charge < -0.3 is 25.4 Å². The van der Waals surface area contributed by atoms with Crippen LogP contribution in [0.5, 0.6) is 0 Å². The number of fused-ring (bicyclic) bond motifs is 1. The van der Waals surface area contributed by atoms with Crippen molar-refractivity contribution in [1.82, 2.24) is 9.80 Å². The Hall–Kier alpha value is -3.29. The van der Waals surface area contributed by atoms with E-state index in [1.807, 2.05) is 18.9 Å². The molecular weight excluding hydrogens is 478 g/mol. The van der Waals surface area contributed by atoms with Crippen LogP contribution in [0.3, 0.4) is 0 Å². The van der Waals surface area contributed by atoms with Crippen molar-refractivity contribution in [1.29, 1.82) is 5.41 Å². The standard InChI is InChI=1S/C22H27N5O7S/c1-11-15(10-25(3)8-9-35-22(23)24)18(26-17(11)16(12(2)28)19(26)29)21(31)34-20(30)13-4-6-14(7-5-13)27(32)33/h4-7,11-12,16-17,28H,8-10H2,1-3H3,(H3,23,24)/t11-,12+,16+,17+/m0/s1. The van der Waals surface area contributed by atoms with E-state index in [1.165, 1.54) is 35.7 Å². The highest BCUT2D eigenvalue weighted by molar-refractivity contribution is 8.13.